The van der Waals surface area contributed by atoms with Crippen LogP contribution in [-0.2, 0) is 11.2 Å². The highest BCUT2D eigenvalue weighted by Crippen LogP contribution is 2.19. The molecule has 1 atom stereocenters. The Morgan fingerprint density at radius 3 is 2.53 bits per heavy atom. The van der Waals surface area contributed by atoms with Crippen molar-refractivity contribution >= 4 is 28.4 Å². The molecule has 0 bridgehead atoms. The molecule has 0 saturated heterocycles. The van der Waals surface area contributed by atoms with Crippen molar-refractivity contribution in [2.24, 2.45) is 5.73 Å². The van der Waals surface area contributed by atoms with Gasteiger partial charge >= 0.3 is 0 Å². The van der Waals surface area contributed by atoms with Gasteiger partial charge in [0, 0.05) is 60.4 Å². The molecule has 1 unspecified atom stereocenters. The summed E-state index contributed by atoms with van der Waals surface area (Å²) in [5.74, 6) is -0.208. The largest absolute Gasteiger partial charge is 0.361 e. The lowest BCUT2D eigenvalue weighted by Crippen LogP contribution is -2.35. The van der Waals surface area contributed by atoms with E-state index in [0.717, 1.165) is 22.0 Å². The number of hydrogen-bond acceptors (Lipinski definition) is 4. The monoisotopic (exact) mass is 427 g/mol. The molecule has 0 saturated carbocycles. The molecule has 0 radical (unpaired) electrons. The summed E-state index contributed by atoms with van der Waals surface area (Å²) in [5, 5.41) is 3.88. The van der Waals surface area contributed by atoms with E-state index in [2.05, 4.69) is 15.3 Å². The van der Waals surface area contributed by atoms with Crippen LogP contribution in [0.2, 0.25) is 0 Å². The Morgan fingerprint density at radius 1 is 1.06 bits per heavy atom. The zero-order valence-electron chi connectivity index (χ0n) is 17.8. The number of carbonyl (C=O) groups excluding carboxylic acids is 2. The second kappa shape index (κ2) is 9.45. The number of H-pyrrole nitrogens is 1. The van der Waals surface area contributed by atoms with Crippen LogP contribution in [0.3, 0.4) is 0 Å². The fraction of sp³-hybridized carbons (Fsp3) is 0.160. The lowest BCUT2D eigenvalue weighted by atomic mass is 10.0. The number of amides is 2. The number of nitrogens with zero attached hydrogens (tertiary/aromatic N) is 2. The van der Waals surface area contributed by atoms with Crippen LogP contribution in [0.4, 0.5) is 5.69 Å². The second-order valence-electron chi connectivity index (χ2n) is 7.73. The third-order valence-corrected chi connectivity index (χ3v) is 5.45. The first-order valence-corrected chi connectivity index (χ1v) is 10.4. The zero-order chi connectivity index (χ0) is 22.5. The van der Waals surface area contributed by atoms with Crippen LogP contribution in [0.25, 0.3) is 10.9 Å². The third kappa shape index (κ3) is 4.84. The van der Waals surface area contributed by atoms with Crippen molar-refractivity contribution in [3.8, 4) is 0 Å². The van der Waals surface area contributed by atoms with E-state index >= 15 is 0 Å². The summed E-state index contributed by atoms with van der Waals surface area (Å²) in [7, 11) is 1.76. The first-order chi connectivity index (χ1) is 15.5. The molecule has 0 fully saturated rings. The zero-order valence-corrected chi connectivity index (χ0v) is 17.8. The lowest BCUT2D eigenvalue weighted by molar-refractivity contribution is -0.129. The van der Waals surface area contributed by atoms with Gasteiger partial charge in [-0.25, -0.2) is 0 Å². The van der Waals surface area contributed by atoms with Crippen molar-refractivity contribution < 1.29 is 9.59 Å². The average molecular weight is 428 g/mol. The van der Waals surface area contributed by atoms with Gasteiger partial charge in [0.05, 0.1) is 6.42 Å². The van der Waals surface area contributed by atoms with E-state index in [1.165, 1.54) is 0 Å². The number of hydrogen-bond donors (Lipinski definition) is 3. The highest BCUT2D eigenvalue weighted by molar-refractivity contribution is 6.04. The maximum Gasteiger partial charge on any atom is 0.255 e. The summed E-state index contributed by atoms with van der Waals surface area (Å²) in [6.45, 7) is 0.379. The first-order valence-electron chi connectivity index (χ1n) is 10.4. The number of fused-ring (bicyclic) bond motifs is 1. The van der Waals surface area contributed by atoms with E-state index in [4.69, 9.17) is 5.73 Å². The van der Waals surface area contributed by atoms with Crippen LogP contribution in [-0.4, -0.2) is 40.3 Å². The predicted molar refractivity (Wildman–Crippen MR) is 125 cm³/mol. The van der Waals surface area contributed by atoms with Crippen LogP contribution in [0.1, 0.15) is 27.5 Å². The summed E-state index contributed by atoms with van der Waals surface area (Å²) in [6, 6.07) is 18.1. The van der Waals surface area contributed by atoms with Crippen molar-refractivity contribution in [3.05, 3.63) is 95.9 Å². The Balaban J connectivity index is 1.35. The number of anilines is 1. The molecule has 0 aliphatic carbocycles. The summed E-state index contributed by atoms with van der Waals surface area (Å²) < 4.78 is 0. The van der Waals surface area contributed by atoms with E-state index in [1.54, 1.807) is 48.6 Å². The fourth-order valence-corrected chi connectivity index (χ4v) is 3.60. The summed E-state index contributed by atoms with van der Waals surface area (Å²) in [6.07, 6.45) is 5.43. The molecule has 2 amide bonds. The molecule has 2 aromatic heterocycles. The van der Waals surface area contributed by atoms with Crippen LogP contribution in [0.5, 0.6) is 0 Å². The van der Waals surface area contributed by atoms with Crippen LogP contribution in [0.15, 0.2) is 79.3 Å². The number of pyridine rings is 1. The number of benzene rings is 2. The van der Waals surface area contributed by atoms with Crippen molar-refractivity contribution in [1.82, 2.24) is 14.9 Å². The normalized spacial score (nSPS) is 11.8. The topological polar surface area (TPSA) is 104 Å². The number of nitrogens with two attached hydrogens (primary N) is 1. The molecular formula is C25H25N5O2. The molecule has 4 aromatic rings. The molecule has 2 heterocycles. The molecule has 4 N–H and O–H groups in total. The smallest absolute Gasteiger partial charge is 0.255 e. The van der Waals surface area contributed by atoms with Gasteiger partial charge in [-0.2, -0.15) is 0 Å². The number of aromatic nitrogens is 2. The van der Waals surface area contributed by atoms with Crippen molar-refractivity contribution in [2.45, 2.75) is 12.5 Å². The number of likely N-dealkylation sites (N-methyl/N-ethyl adjacent to an activating group) is 1. The van der Waals surface area contributed by atoms with Crippen molar-refractivity contribution in [3.63, 3.8) is 0 Å². The number of rotatable bonds is 7. The summed E-state index contributed by atoms with van der Waals surface area (Å²) in [4.78, 5) is 33.9. The van der Waals surface area contributed by atoms with Crippen molar-refractivity contribution in [2.75, 3.05) is 18.9 Å². The number of nitrogens with one attached hydrogen (secondary N) is 2. The van der Waals surface area contributed by atoms with Crippen LogP contribution in [0, 0.1) is 0 Å². The molecular weight excluding hydrogens is 402 g/mol. The van der Waals surface area contributed by atoms with Gasteiger partial charge in [0.1, 0.15) is 0 Å². The Labute approximate surface area is 186 Å². The Kier molecular flexibility index (Phi) is 6.28. The third-order valence-electron chi connectivity index (χ3n) is 5.45. The Morgan fingerprint density at radius 2 is 1.78 bits per heavy atom. The van der Waals surface area contributed by atoms with E-state index in [9.17, 15) is 9.59 Å². The molecule has 7 heteroatoms. The minimum absolute atomic E-state index is 0.00134. The molecule has 4 rings (SSSR count). The lowest BCUT2D eigenvalue weighted by Gasteiger charge is -2.22. The van der Waals surface area contributed by atoms with Gasteiger partial charge in [0.15, 0.2) is 0 Å². The van der Waals surface area contributed by atoms with Gasteiger partial charge < -0.3 is 20.9 Å². The summed E-state index contributed by atoms with van der Waals surface area (Å²) >= 11 is 0. The van der Waals surface area contributed by atoms with Gasteiger partial charge in [0.25, 0.3) is 5.91 Å². The fourth-order valence-electron chi connectivity index (χ4n) is 3.60. The average Bonchev–Trinajstić information content (AvgIpc) is 3.22. The first kappa shape index (κ1) is 21.3. The molecule has 0 aliphatic heterocycles. The molecule has 0 spiro atoms. The van der Waals surface area contributed by atoms with Crippen LogP contribution < -0.4 is 11.1 Å². The minimum atomic E-state index is -0.357. The number of carbonyl (C=O) groups is 2. The minimum Gasteiger partial charge on any atom is -0.361 e. The Bertz CT molecular complexity index is 1220. The van der Waals surface area contributed by atoms with E-state index in [0.29, 0.717) is 24.2 Å². The van der Waals surface area contributed by atoms with Gasteiger partial charge in [-0.15, -0.1) is 0 Å². The van der Waals surface area contributed by atoms with E-state index in [-0.39, 0.29) is 17.9 Å². The van der Waals surface area contributed by atoms with Crippen molar-refractivity contribution in [1.29, 1.82) is 0 Å². The molecule has 162 valence electrons. The summed E-state index contributed by atoms with van der Waals surface area (Å²) in [5.41, 5.74) is 10.4. The maximum absolute atomic E-state index is 12.7. The van der Waals surface area contributed by atoms with Gasteiger partial charge in [0.2, 0.25) is 5.91 Å². The van der Waals surface area contributed by atoms with Gasteiger partial charge in [-0.05, 0) is 41.5 Å². The number of para-hydroxylation sites is 1. The van der Waals surface area contributed by atoms with Gasteiger partial charge in [-0.3, -0.25) is 14.6 Å². The maximum atomic E-state index is 12.7. The number of aromatic amines is 1. The standard InChI is InChI=1S/C25H25N5O2/c1-30(24(31)14-19-15-28-23-5-3-2-4-21(19)23)16-22(26)17-6-8-18(9-7-17)25(32)29-20-10-12-27-13-11-20/h2-13,15,22,28H,14,16,26H2,1H3,(H,27,29,32). The van der Waals surface area contributed by atoms with E-state index in [1.807, 2.05) is 42.6 Å². The molecule has 0 aliphatic rings. The Hall–Kier alpha value is -3.97. The second-order valence-corrected chi connectivity index (χ2v) is 7.73. The quantitative estimate of drug-likeness (QED) is 0.420. The predicted octanol–water partition coefficient (Wildman–Crippen LogP) is 3.52. The molecule has 32 heavy (non-hydrogen) atoms. The molecule has 2 aromatic carbocycles. The molecule has 7 nitrogen and oxygen atoms in total. The van der Waals surface area contributed by atoms with Gasteiger partial charge in [-0.1, -0.05) is 30.3 Å². The highest BCUT2D eigenvalue weighted by Gasteiger charge is 2.17. The SMILES string of the molecule is CN(CC(N)c1ccc(C(=O)Nc2ccncc2)cc1)C(=O)Cc1c[nH]c2ccccc12. The van der Waals surface area contributed by atoms with E-state index < -0.39 is 0 Å². The van der Waals surface area contributed by atoms with Crippen LogP contribution >= 0.6 is 0 Å². The highest BCUT2D eigenvalue weighted by atomic mass is 16.2.